The van der Waals surface area contributed by atoms with Crippen LogP contribution in [-0.4, -0.2) is 28.1 Å². The second-order valence-electron chi connectivity index (χ2n) is 8.99. The molecular weight excluding hydrogens is 326 g/mol. The van der Waals surface area contributed by atoms with Crippen LogP contribution in [0.2, 0.25) is 0 Å². The van der Waals surface area contributed by atoms with E-state index in [9.17, 15) is 9.90 Å². The zero-order valence-corrected chi connectivity index (χ0v) is 16.2. The van der Waals surface area contributed by atoms with Crippen LogP contribution in [0.3, 0.4) is 0 Å². The molecule has 3 aliphatic rings. The van der Waals surface area contributed by atoms with Crippen molar-refractivity contribution in [2.24, 2.45) is 29.6 Å². The number of carbonyl (C=O) groups is 1. The Bertz CT molecular complexity index is 693. The SMILES string of the molecule is CCCOc1cnc2c(c1)CCC(=O)C1C(C2)C1C1CC(O)(C(C)C)C1. The highest BCUT2D eigenvalue weighted by Gasteiger charge is 2.62. The van der Waals surface area contributed by atoms with E-state index in [0.29, 0.717) is 42.5 Å². The lowest BCUT2D eigenvalue weighted by Crippen LogP contribution is -2.49. The first-order chi connectivity index (χ1) is 12.4. The maximum Gasteiger partial charge on any atom is 0.137 e. The number of aromatic nitrogens is 1. The number of hydrogen-bond acceptors (Lipinski definition) is 4. The van der Waals surface area contributed by atoms with Crippen LogP contribution < -0.4 is 4.74 Å². The number of pyridine rings is 1. The Morgan fingerprint density at radius 2 is 2.12 bits per heavy atom. The Kier molecular flexibility index (Phi) is 4.58. The first kappa shape index (κ1) is 18.0. The lowest BCUT2D eigenvalue weighted by molar-refractivity contribution is -0.125. The Morgan fingerprint density at radius 3 is 2.81 bits per heavy atom. The fourth-order valence-corrected chi connectivity index (χ4v) is 5.22. The molecule has 0 aromatic carbocycles. The molecule has 0 bridgehead atoms. The van der Waals surface area contributed by atoms with Gasteiger partial charge in [0.15, 0.2) is 0 Å². The molecule has 0 radical (unpaired) electrons. The van der Waals surface area contributed by atoms with Gasteiger partial charge in [-0.1, -0.05) is 20.8 Å². The molecule has 1 heterocycles. The number of hydrogen-bond donors (Lipinski definition) is 1. The molecule has 1 N–H and O–H groups in total. The summed E-state index contributed by atoms with van der Waals surface area (Å²) in [6, 6.07) is 2.09. The Hall–Kier alpha value is -1.42. The lowest BCUT2D eigenvalue weighted by atomic mass is 9.63. The molecule has 26 heavy (non-hydrogen) atoms. The van der Waals surface area contributed by atoms with Gasteiger partial charge in [-0.05, 0) is 67.4 Å². The van der Waals surface area contributed by atoms with Gasteiger partial charge < -0.3 is 9.84 Å². The highest BCUT2D eigenvalue weighted by molar-refractivity contribution is 5.85. The molecule has 0 spiro atoms. The van der Waals surface area contributed by atoms with Gasteiger partial charge in [0.1, 0.15) is 11.5 Å². The number of aliphatic hydroxyl groups is 1. The summed E-state index contributed by atoms with van der Waals surface area (Å²) in [6.45, 7) is 6.98. The van der Waals surface area contributed by atoms with Crippen LogP contribution in [-0.2, 0) is 17.6 Å². The second-order valence-corrected chi connectivity index (χ2v) is 8.99. The molecule has 1 aromatic rings. The standard InChI is InChI=1S/C22H31NO3/c1-4-7-26-16-8-14-5-6-19(24)21-17(9-18(14)23-12-16)20(21)15-10-22(25,11-15)13(2)3/h8,12-13,15,17,20-21,25H,4-7,9-11H2,1-3H3. The third-order valence-electron chi connectivity index (χ3n) is 7.03. The van der Waals surface area contributed by atoms with Crippen LogP contribution >= 0.6 is 0 Å². The zero-order chi connectivity index (χ0) is 18.5. The molecule has 0 saturated heterocycles. The number of nitrogens with zero attached hydrogens (tertiary/aromatic N) is 1. The largest absolute Gasteiger partial charge is 0.492 e. The predicted octanol–water partition coefficient (Wildman–Crippen LogP) is 3.59. The number of fused-ring (bicyclic) bond motifs is 2. The highest BCUT2D eigenvalue weighted by Crippen LogP contribution is 2.62. The topological polar surface area (TPSA) is 59.4 Å². The van der Waals surface area contributed by atoms with E-state index in [1.54, 1.807) is 0 Å². The van der Waals surface area contributed by atoms with Crippen molar-refractivity contribution in [3.05, 3.63) is 23.5 Å². The van der Waals surface area contributed by atoms with Gasteiger partial charge in [0.05, 0.1) is 18.4 Å². The minimum atomic E-state index is -0.507. The number of rotatable bonds is 5. The first-order valence-corrected chi connectivity index (χ1v) is 10.3. The van der Waals surface area contributed by atoms with Crippen LogP contribution in [0.15, 0.2) is 12.3 Å². The number of carbonyl (C=O) groups excluding carboxylic acids is 1. The zero-order valence-electron chi connectivity index (χ0n) is 16.2. The van der Waals surface area contributed by atoms with Crippen LogP contribution in [0.25, 0.3) is 0 Å². The molecular formula is C22H31NO3. The Morgan fingerprint density at radius 1 is 1.35 bits per heavy atom. The van der Waals surface area contributed by atoms with Gasteiger partial charge in [-0.15, -0.1) is 0 Å². The second kappa shape index (κ2) is 6.63. The fraction of sp³-hybridized carbons (Fsp3) is 0.727. The average molecular weight is 357 g/mol. The van der Waals surface area contributed by atoms with E-state index in [-0.39, 0.29) is 5.92 Å². The maximum atomic E-state index is 12.7. The number of ether oxygens (including phenoxy) is 1. The fourth-order valence-electron chi connectivity index (χ4n) is 5.22. The molecule has 142 valence electrons. The van der Waals surface area contributed by atoms with Gasteiger partial charge in [0, 0.05) is 18.0 Å². The summed E-state index contributed by atoms with van der Waals surface area (Å²) < 4.78 is 5.71. The molecule has 4 nitrogen and oxygen atoms in total. The molecule has 1 aromatic heterocycles. The van der Waals surface area contributed by atoms with E-state index in [0.717, 1.165) is 43.5 Å². The monoisotopic (exact) mass is 357 g/mol. The number of ketones is 1. The van der Waals surface area contributed by atoms with Crippen molar-refractivity contribution in [3.8, 4) is 5.75 Å². The predicted molar refractivity (Wildman–Crippen MR) is 100 cm³/mol. The highest BCUT2D eigenvalue weighted by atomic mass is 16.5. The van der Waals surface area contributed by atoms with Gasteiger partial charge in [0.2, 0.25) is 0 Å². The Balaban J connectivity index is 1.47. The van der Waals surface area contributed by atoms with E-state index < -0.39 is 5.60 Å². The molecule has 0 aliphatic heterocycles. The van der Waals surface area contributed by atoms with E-state index in [2.05, 4.69) is 31.8 Å². The number of aryl methyl sites for hydroxylation is 1. The summed E-state index contributed by atoms with van der Waals surface area (Å²) in [5.74, 6) is 3.15. The van der Waals surface area contributed by atoms with E-state index in [1.807, 2.05) is 6.20 Å². The van der Waals surface area contributed by atoms with Crippen molar-refractivity contribution in [3.63, 3.8) is 0 Å². The van der Waals surface area contributed by atoms with Crippen LogP contribution in [0.4, 0.5) is 0 Å². The maximum absolute atomic E-state index is 12.7. The summed E-state index contributed by atoms with van der Waals surface area (Å²) in [6.07, 6.45) is 6.84. The van der Waals surface area contributed by atoms with Gasteiger partial charge in [-0.3, -0.25) is 9.78 Å². The quantitative estimate of drug-likeness (QED) is 0.875. The summed E-state index contributed by atoms with van der Waals surface area (Å²) in [5.41, 5.74) is 1.83. The van der Waals surface area contributed by atoms with E-state index in [4.69, 9.17) is 4.74 Å². The number of Topliss-reactive ketones (excluding diaryl/α,β-unsaturated/α-hetero) is 1. The van der Waals surface area contributed by atoms with Crippen molar-refractivity contribution >= 4 is 5.78 Å². The van der Waals surface area contributed by atoms with Crippen molar-refractivity contribution < 1.29 is 14.6 Å². The van der Waals surface area contributed by atoms with Gasteiger partial charge >= 0.3 is 0 Å². The Labute approximate surface area is 156 Å². The van der Waals surface area contributed by atoms with Crippen molar-refractivity contribution in [2.45, 2.75) is 64.9 Å². The molecule has 4 rings (SSSR count). The smallest absolute Gasteiger partial charge is 0.137 e. The van der Waals surface area contributed by atoms with Gasteiger partial charge in [0.25, 0.3) is 0 Å². The molecule has 2 fully saturated rings. The average Bonchev–Trinajstić information content (AvgIpc) is 3.27. The molecule has 3 atom stereocenters. The normalized spacial score (nSPS) is 35.8. The van der Waals surface area contributed by atoms with Crippen LogP contribution in [0, 0.1) is 29.6 Å². The molecule has 3 unspecified atom stereocenters. The molecule has 3 aliphatic carbocycles. The summed E-state index contributed by atoms with van der Waals surface area (Å²) in [4.78, 5) is 17.4. The molecule has 2 saturated carbocycles. The van der Waals surface area contributed by atoms with Crippen LogP contribution in [0.5, 0.6) is 5.75 Å². The van der Waals surface area contributed by atoms with Crippen LogP contribution in [0.1, 0.15) is 57.7 Å². The lowest BCUT2D eigenvalue weighted by Gasteiger charge is -2.47. The minimum absolute atomic E-state index is 0.211. The minimum Gasteiger partial charge on any atom is -0.492 e. The summed E-state index contributed by atoms with van der Waals surface area (Å²) >= 11 is 0. The van der Waals surface area contributed by atoms with Crippen molar-refractivity contribution in [1.29, 1.82) is 0 Å². The van der Waals surface area contributed by atoms with Crippen molar-refractivity contribution in [2.75, 3.05) is 6.61 Å². The van der Waals surface area contributed by atoms with Crippen molar-refractivity contribution in [1.82, 2.24) is 4.98 Å². The van der Waals surface area contributed by atoms with E-state index in [1.165, 1.54) is 5.56 Å². The third kappa shape index (κ3) is 3.06. The third-order valence-corrected chi connectivity index (χ3v) is 7.03. The van der Waals surface area contributed by atoms with E-state index >= 15 is 0 Å². The molecule has 4 heteroatoms. The summed E-state index contributed by atoms with van der Waals surface area (Å²) in [7, 11) is 0. The van der Waals surface area contributed by atoms with Gasteiger partial charge in [-0.2, -0.15) is 0 Å². The first-order valence-electron chi connectivity index (χ1n) is 10.3. The van der Waals surface area contributed by atoms with Gasteiger partial charge in [-0.25, -0.2) is 0 Å². The summed E-state index contributed by atoms with van der Waals surface area (Å²) in [5, 5.41) is 10.6. The molecule has 0 amide bonds.